The van der Waals surface area contributed by atoms with Crippen LogP contribution in [0.2, 0.25) is 0 Å². The van der Waals surface area contributed by atoms with E-state index in [1.54, 1.807) is 18.2 Å². The smallest absolute Gasteiger partial charge is 0.271 e. The topological polar surface area (TPSA) is 70.2 Å². The molecule has 24 heavy (non-hydrogen) atoms. The van der Waals surface area contributed by atoms with Gasteiger partial charge in [0.25, 0.3) is 5.91 Å². The molecule has 0 fully saturated rings. The zero-order chi connectivity index (χ0) is 17.4. The van der Waals surface area contributed by atoms with E-state index < -0.39 is 0 Å². The van der Waals surface area contributed by atoms with E-state index in [-0.39, 0.29) is 17.4 Å². The molecule has 128 valence electrons. The molecule has 0 aliphatic rings. The highest BCUT2D eigenvalue weighted by atomic mass is 19.1. The van der Waals surface area contributed by atoms with Crippen LogP contribution in [0.3, 0.4) is 0 Å². The molecule has 0 saturated heterocycles. The number of carbonyl (C=O) groups is 1. The van der Waals surface area contributed by atoms with Gasteiger partial charge in [0, 0.05) is 19.6 Å². The molecule has 0 unspecified atom stereocenters. The molecule has 2 rings (SSSR count). The van der Waals surface area contributed by atoms with Crippen molar-refractivity contribution in [2.24, 2.45) is 0 Å². The summed E-state index contributed by atoms with van der Waals surface area (Å²) < 4.78 is 13.5. The van der Waals surface area contributed by atoms with E-state index in [1.165, 1.54) is 18.5 Å². The van der Waals surface area contributed by atoms with Crippen LogP contribution in [0.25, 0.3) is 0 Å². The molecule has 1 heterocycles. The first kappa shape index (κ1) is 17.8. The Labute approximate surface area is 141 Å². The maximum atomic E-state index is 13.5. The van der Waals surface area contributed by atoms with Crippen molar-refractivity contribution >= 4 is 11.7 Å². The molecule has 0 aliphatic carbocycles. The highest BCUT2D eigenvalue weighted by molar-refractivity contribution is 5.91. The first-order valence-corrected chi connectivity index (χ1v) is 7.78. The SMILES string of the molecule is CN(C)CCNc1cnc(C(=O)NCCc2ccccc2F)cn1. The van der Waals surface area contributed by atoms with Crippen LogP contribution in [0.15, 0.2) is 36.7 Å². The first-order valence-electron chi connectivity index (χ1n) is 7.78. The van der Waals surface area contributed by atoms with Crippen LogP contribution in [0, 0.1) is 5.82 Å². The fourth-order valence-corrected chi connectivity index (χ4v) is 2.05. The molecule has 0 aliphatic heterocycles. The predicted octanol–water partition coefficient (Wildman–Crippen LogP) is 1.56. The number of aromatic nitrogens is 2. The van der Waals surface area contributed by atoms with E-state index in [2.05, 4.69) is 25.5 Å². The summed E-state index contributed by atoms with van der Waals surface area (Å²) in [6.45, 7) is 1.96. The highest BCUT2D eigenvalue weighted by Gasteiger charge is 2.08. The van der Waals surface area contributed by atoms with Gasteiger partial charge in [-0.05, 0) is 32.1 Å². The minimum absolute atomic E-state index is 0.238. The van der Waals surface area contributed by atoms with Crippen molar-refractivity contribution in [1.82, 2.24) is 20.2 Å². The average Bonchev–Trinajstić information content (AvgIpc) is 2.57. The normalized spacial score (nSPS) is 10.7. The van der Waals surface area contributed by atoms with Crippen LogP contribution in [0.1, 0.15) is 16.1 Å². The number of nitrogens with one attached hydrogen (secondary N) is 2. The van der Waals surface area contributed by atoms with Crippen LogP contribution < -0.4 is 10.6 Å². The second-order valence-corrected chi connectivity index (χ2v) is 5.61. The summed E-state index contributed by atoms with van der Waals surface area (Å²) in [4.78, 5) is 22.3. The van der Waals surface area contributed by atoms with Crippen molar-refractivity contribution in [2.45, 2.75) is 6.42 Å². The van der Waals surface area contributed by atoms with E-state index in [9.17, 15) is 9.18 Å². The van der Waals surface area contributed by atoms with Gasteiger partial charge in [0.15, 0.2) is 0 Å². The maximum Gasteiger partial charge on any atom is 0.271 e. The summed E-state index contributed by atoms with van der Waals surface area (Å²) in [6.07, 6.45) is 3.38. The molecule has 0 atom stereocenters. The minimum atomic E-state index is -0.321. The Morgan fingerprint density at radius 3 is 2.62 bits per heavy atom. The van der Waals surface area contributed by atoms with Crippen molar-refractivity contribution in [3.63, 3.8) is 0 Å². The molecule has 0 radical (unpaired) electrons. The lowest BCUT2D eigenvalue weighted by atomic mass is 10.1. The predicted molar refractivity (Wildman–Crippen MR) is 91.5 cm³/mol. The fraction of sp³-hybridized carbons (Fsp3) is 0.353. The Morgan fingerprint density at radius 2 is 1.96 bits per heavy atom. The quantitative estimate of drug-likeness (QED) is 0.768. The number of nitrogens with zero attached hydrogens (tertiary/aromatic N) is 3. The molecule has 0 bridgehead atoms. The van der Waals surface area contributed by atoms with Gasteiger partial charge in [-0.1, -0.05) is 18.2 Å². The van der Waals surface area contributed by atoms with Gasteiger partial charge in [-0.3, -0.25) is 4.79 Å². The number of amides is 1. The minimum Gasteiger partial charge on any atom is -0.368 e. The Kier molecular flexibility index (Phi) is 6.62. The Bertz CT molecular complexity index is 660. The molecule has 1 aromatic heterocycles. The van der Waals surface area contributed by atoms with E-state index in [1.807, 2.05) is 14.1 Å². The summed E-state index contributed by atoms with van der Waals surface area (Å²) in [5, 5.41) is 5.84. The molecule has 2 aromatic rings. The van der Waals surface area contributed by atoms with Crippen molar-refractivity contribution in [1.29, 1.82) is 0 Å². The van der Waals surface area contributed by atoms with Crippen LogP contribution in [0.5, 0.6) is 0 Å². The van der Waals surface area contributed by atoms with Crippen molar-refractivity contribution in [3.05, 3.63) is 53.7 Å². The van der Waals surface area contributed by atoms with E-state index in [0.717, 1.165) is 13.1 Å². The third kappa shape index (κ3) is 5.58. The third-order valence-electron chi connectivity index (χ3n) is 3.39. The molecular formula is C17H22FN5O. The van der Waals surface area contributed by atoms with Crippen LogP contribution in [0.4, 0.5) is 10.2 Å². The zero-order valence-electron chi connectivity index (χ0n) is 13.9. The zero-order valence-corrected chi connectivity index (χ0v) is 13.9. The molecular weight excluding hydrogens is 309 g/mol. The van der Waals surface area contributed by atoms with E-state index >= 15 is 0 Å². The standard InChI is InChI=1S/C17H22FN5O/c1-23(2)10-9-19-16-12-21-15(11-22-16)17(24)20-8-7-13-5-3-4-6-14(13)18/h3-6,11-12H,7-10H2,1-2H3,(H,19,22)(H,20,24). The highest BCUT2D eigenvalue weighted by Crippen LogP contribution is 2.06. The number of hydrogen-bond acceptors (Lipinski definition) is 5. The number of anilines is 1. The second-order valence-electron chi connectivity index (χ2n) is 5.61. The van der Waals surface area contributed by atoms with Crippen LogP contribution >= 0.6 is 0 Å². The number of rotatable bonds is 8. The molecule has 1 aromatic carbocycles. The Hall–Kier alpha value is -2.54. The summed E-state index contributed by atoms with van der Waals surface area (Å²) >= 11 is 0. The number of carbonyl (C=O) groups excluding carboxylic acids is 1. The van der Waals surface area contributed by atoms with Gasteiger partial charge < -0.3 is 15.5 Å². The Balaban J connectivity index is 1.79. The second kappa shape index (κ2) is 8.93. The summed E-state index contributed by atoms with van der Waals surface area (Å²) in [5.74, 6) is 0.0399. The molecule has 7 heteroatoms. The van der Waals surface area contributed by atoms with Gasteiger partial charge in [-0.2, -0.15) is 0 Å². The lowest BCUT2D eigenvalue weighted by molar-refractivity contribution is 0.0948. The molecule has 2 N–H and O–H groups in total. The van der Waals surface area contributed by atoms with E-state index in [0.29, 0.717) is 24.3 Å². The van der Waals surface area contributed by atoms with Gasteiger partial charge in [0.2, 0.25) is 0 Å². The molecule has 0 saturated carbocycles. The van der Waals surface area contributed by atoms with Gasteiger partial charge in [-0.25, -0.2) is 14.4 Å². The van der Waals surface area contributed by atoms with Crippen LogP contribution in [-0.4, -0.2) is 54.5 Å². The average molecular weight is 331 g/mol. The summed E-state index contributed by atoms with van der Waals surface area (Å²) in [5.41, 5.74) is 0.811. The van der Waals surface area contributed by atoms with Crippen molar-refractivity contribution < 1.29 is 9.18 Å². The first-order chi connectivity index (χ1) is 11.6. The molecule has 1 amide bonds. The van der Waals surface area contributed by atoms with Gasteiger partial charge in [-0.15, -0.1) is 0 Å². The number of hydrogen-bond donors (Lipinski definition) is 2. The van der Waals surface area contributed by atoms with Crippen molar-refractivity contribution in [3.8, 4) is 0 Å². The van der Waals surface area contributed by atoms with Crippen molar-refractivity contribution in [2.75, 3.05) is 39.0 Å². The third-order valence-corrected chi connectivity index (χ3v) is 3.39. The maximum absolute atomic E-state index is 13.5. The molecule has 0 spiro atoms. The number of halogens is 1. The van der Waals surface area contributed by atoms with Gasteiger partial charge in [0.05, 0.1) is 12.4 Å². The molecule has 6 nitrogen and oxygen atoms in total. The van der Waals surface area contributed by atoms with E-state index in [4.69, 9.17) is 0 Å². The largest absolute Gasteiger partial charge is 0.368 e. The van der Waals surface area contributed by atoms with Gasteiger partial charge in [0.1, 0.15) is 17.3 Å². The Morgan fingerprint density at radius 1 is 1.17 bits per heavy atom. The summed E-state index contributed by atoms with van der Waals surface area (Å²) in [7, 11) is 3.98. The van der Waals surface area contributed by atoms with Gasteiger partial charge >= 0.3 is 0 Å². The monoisotopic (exact) mass is 331 g/mol. The fourth-order valence-electron chi connectivity index (χ4n) is 2.05. The number of likely N-dealkylation sites (N-methyl/N-ethyl adjacent to an activating group) is 1. The lowest BCUT2D eigenvalue weighted by Gasteiger charge is -2.10. The number of benzene rings is 1. The van der Waals surface area contributed by atoms with Crippen LogP contribution in [-0.2, 0) is 6.42 Å². The summed E-state index contributed by atoms with van der Waals surface area (Å²) in [6, 6.07) is 6.52. The lowest BCUT2D eigenvalue weighted by Crippen LogP contribution is -2.27.